The number of carbonyl (C=O) groups excluding carboxylic acids is 2. The number of anilines is 1. The molecule has 2 aliphatic heterocycles. The molecule has 1 amide bonds. The number of carbonyl (C=O) groups is 2. The first-order valence-corrected chi connectivity index (χ1v) is 10.2. The fraction of sp³-hybridized carbons (Fsp3) is 0.160. The van der Waals surface area contributed by atoms with Crippen molar-refractivity contribution in [3.8, 4) is 11.5 Å². The Morgan fingerprint density at radius 2 is 1.76 bits per heavy atom. The summed E-state index contributed by atoms with van der Waals surface area (Å²) in [6.45, 7) is 0. The van der Waals surface area contributed by atoms with Crippen LogP contribution < -0.4 is 14.8 Å². The Kier molecular flexibility index (Phi) is 4.85. The molecule has 5 rings (SSSR count). The van der Waals surface area contributed by atoms with E-state index in [0.29, 0.717) is 28.3 Å². The van der Waals surface area contributed by atoms with Gasteiger partial charge in [0.15, 0.2) is 17.3 Å². The summed E-state index contributed by atoms with van der Waals surface area (Å²) in [4.78, 5) is 33.1. The van der Waals surface area contributed by atoms with Crippen LogP contribution in [0.4, 0.5) is 10.1 Å². The number of nitrogens with one attached hydrogen (secondary N) is 1. The maximum Gasteiger partial charge on any atom is 0.277 e. The van der Waals surface area contributed by atoms with Crippen LogP contribution >= 0.6 is 0 Å². The van der Waals surface area contributed by atoms with Gasteiger partial charge in [0, 0.05) is 22.4 Å². The summed E-state index contributed by atoms with van der Waals surface area (Å²) in [7, 11) is 2.97. The summed E-state index contributed by atoms with van der Waals surface area (Å²) >= 11 is 0. The molecule has 0 bridgehead atoms. The third-order valence-electron chi connectivity index (χ3n) is 5.95. The lowest BCUT2D eigenvalue weighted by atomic mass is 9.74. The number of para-hydroxylation sites is 1. The van der Waals surface area contributed by atoms with Gasteiger partial charge in [0.1, 0.15) is 17.4 Å². The number of rotatable bonds is 5. The minimum atomic E-state index is -1.69. The molecule has 2 heterocycles. The van der Waals surface area contributed by atoms with E-state index >= 15 is 0 Å². The number of ketones is 1. The number of oxime groups is 1. The van der Waals surface area contributed by atoms with E-state index in [9.17, 15) is 14.0 Å². The fourth-order valence-electron chi connectivity index (χ4n) is 4.35. The average molecular weight is 446 g/mol. The van der Waals surface area contributed by atoms with Gasteiger partial charge in [-0.3, -0.25) is 9.59 Å². The minimum absolute atomic E-state index is 0.238. The highest BCUT2D eigenvalue weighted by atomic mass is 19.1. The normalized spacial score (nSPS) is 20.6. The molecule has 8 heteroatoms. The number of Topliss-reactive ketones (excluding diaryl/α,β-unsaturated/α-hetero) is 1. The summed E-state index contributed by atoms with van der Waals surface area (Å²) in [5.74, 6) is -1.62. The zero-order valence-electron chi connectivity index (χ0n) is 17.8. The number of amides is 1. The van der Waals surface area contributed by atoms with Crippen molar-refractivity contribution >= 4 is 23.1 Å². The minimum Gasteiger partial charge on any atom is -0.493 e. The quantitative estimate of drug-likeness (QED) is 0.601. The molecule has 3 aromatic carbocycles. The number of fused-ring (bicyclic) bond motifs is 2. The Bertz CT molecular complexity index is 1300. The monoisotopic (exact) mass is 446 g/mol. The first-order valence-electron chi connectivity index (χ1n) is 10.2. The summed E-state index contributed by atoms with van der Waals surface area (Å²) in [6, 6.07) is 17.3. The molecule has 1 N–H and O–H groups in total. The van der Waals surface area contributed by atoms with Crippen molar-refractivity contribution in [1.29, 1.82) is 0 Å². The summed E-state index contributed by atoms with van der Waals surface area (Å²) in [5, 5.41) is 6.98. The van der Waals surface area contributed by atoms with Crippen LogP contribution in [-0.2, 0) is 15.2 Å². The van der Waals surface area contributed by atoms with Crippen LogP contribution in [0.3, 0.4) is 0 Å². The second-order valence-corrected chi connectivity index (χ2v) is 7.68. The molecule has 0 aliphatic carbocycles. The fourth-order valence-corrected chi connectivity index (χ4v) is 4.35. The van der Waals surface area contributed by atoms with Crippen LogP contribution in [0.2, 0.25) is 0 Å². The highest BCUT2D eigenvalue weighted by Crippen LogP contribution is 2.50. The van der Waals surface area contributed by atoms with Crippen LogP contribution in [-0.4, -0.2) is 31.6 Å². The number of ether oxygens (including phenoxy) is 2. The maximum absolute atomic E-state index is 14.0. The number of hydrogen-bond donors (Lipinski definition) is 1. The molecule has 0 saturated carbocycles. The maximum atomic E-state index is 14.0. The molecule has 166 valence electrons. The van der Waals surface area contributed by atoms with Crippen LogP contribution in [0.1, 0.15) is 21.5 Å². The van der Waals surface area contributed by atoms with Crippen molar-refractivity contribution in [3.05, 3.63) is 89.2 Å². The Labute approximate surface area is 188 Å². The largest absolute Gasteiger partial charge is 0.493 e. The van der Waals surface area contributed by atoms with Gasteiger partial charge in [-0.05, 0) is 36.4 Å². The second kappa shape index (κ2) is 7.74. The van der Waals surface area contributed by atoms with E-state index in [4.69, 9.17) is 14.3 Å². The van der Waals surface area contributed by atoms with Crippen LogP contribution in [0.15, 0.2) is 71.9 Å². The van der Waals surface area contributed by atoms with E-state index < -0.39 is 29.0 Å². The zero-order valence-corrected chi connectivity index (χ0v) is 17.8. The Morgan fingerprint density at radius 3 is 2.48 bits per heavy atom. The van der Waals surface area contributed by atoms with Crippen LogP contribution in [0.25, 0.3) is 0 Å². The molecular formula is C25H19FN2O5. The molecule has 1 spiro atoms. The van der Waals surface area contributed by atoms with Gasteiger partial charge in [0.2, 0.25) is 0 Å². The van der Waals surface area contributed by atoms with E-state index in [0.717, 1.165) is 0 Å². The lowest BCUT2D eigenvalue weighted by Crippen LogP contribution is -2.46. The Hall–Kier alpha value is -4.20. The first kappa shape index (κ1) is 20.7. The lowest BCUT2D eigenvalue weighted by molar-refractivity contribution is -0.140. The van der Waals surface area contributed by atoms with Crippen LogP contribution in [0, 0.1) is 11.7 Å². The molecule has 2 atom stereocenters. The highest BCUT2D eigenvalue weighted by Gasteiger charge is 2.63. The molecule has 2 aliphatic rings. The first-order chi connectivity index (χ1) is 16.0. The van der Waals surface area contributed by atoms with Crippen molar-refractivity contribution < 1.29 is 28.3 Å². The zero-order chi connectivity index (χ0) is 23.2. The highest BCUT2D eigenvalue weighted by molar-refractivity contribution is 6.24. The van der Waals surface area contributed by atoms with Crippen molar-refractivity contribution in [2.24, 2.45) is 11.1 Å². The summed E-state index contributed by atoms with van der Waals surface area (Å²) in [6.07, 6.45) is 0. The van der Waals surface area contributed by atoms with Crippen molar-refractivity contribution in [2.45, 2.75) is 5.60 Å². The Morgan fingerprint density at radius 1 is 1.03 bits per heavy atom. The van der Waals surface area contributed by atoms with E-state index in [2.05, 4.69) is 10.5 Å². The van der Waals surface area contributed by atoms with Gasteiger partial charge in [-0.2, -0.15) is 0 Å². The molecule has 0 aromatic heterocycles. The molecular weight excluding hydrogens is 427 g/mol. The smallest absolute Gasteiger partial charge is 0.277 e. The van der Waals surface area contributed by atoms with Crippen molar-refractivity contribution in [3.63, 3.8) is 0 Å². The number of halogens is 1. The van der Waals surface area contributed by atoms with Gasteiger partial charge in [0.05, 0.1) is 14.2 Å². The van der Waals surface area contributed by atoms with Gasteiger partial charge in [-0.25, -0.2) is 4.39 Å². The Balaban J connectivity index is 1.68. The van der Waals surface area contributed by atoms with Gasteiger partial charge >= 0.3 is 0 Å². The molecule has 0 radical (unpaired) electrons. The van der Waals surface area contributed by atoms with Crippen molar-refractivity contribution in [2.75, 3.05) is 19.5 Å². The van der Waals surface area contributed by atoms with E-state index in [1.54, 1.807) is 42.5 Å². The SMILES string of the molecule is COc1ccc(C(=O)C2C(c3ccc(F)cc3)=NOC23C(=O)Nc2ccccc23)cc1OC. The third-order valence-corrected chi connectivity index (χ3v) is 5.95. The number of nitrogens with zero attached hydrogens (tertiary/aromatic N) is 1. The van der Waals surface area contributed by atoms with E-state index in [1.165, 1.54) is 38.5 Å². The molecule has 0 fully saturated rings. The number of hydrogen-bond acceptors (Lipinski definition) is 6. The topological polar surface area (TPSA) is 86.2 Å². The van der Waals surface area contributed by atoms with Crippen LogP contribution in [0.5, 0.6) is 11.5 Å². The number of methoxy groups -OCH3 is 2. The van der Waals surface area contributed by atoms with Crippen molar-refractivity contribution in [1.82, 2.24) is 0 Å². The molecule has 3 aromatic rings. The van der Waals surface area contributed by atoms with Gasteiger partial charge in [0.25, 0.3) is 11.5 Å². The average Bonchev–Trinajstić information content (AvgIpc) is 3.37. The predicted molar refractivity (Wildman–Crippen MR) is 118 cm³/mol. The number of benzene rings is 3. The predicted octanol–water partition coefficient (Wildman–Crippen LogP) is 3.92. The second-order valence-electron chi connectivity index (χ2n) is 7.68. The molecule has 33 heavy (non-hydrogen) atoms. The lowest BCUT2D eigenvalue weighted by Gasteiger charge is -2.26. The van der Waals surface area contributed by atoms with Gasteiger partial charge in [-0.15, -0.1) is 0 Å². The molecule has 7 nitrogen and oxygen atoms in total. The standard InChI is InChI=1S/C25H19FN2O5/c1-31-19-12-9-15(13-20(19)32-2)23(29)21-22(14-7-10-16(26)11-8-14)28-33-25(21)17-5-3-4-6-18(17)27-24(25)30/h3-13,21H,1-2H3,(H,27,30). The summed E-state index contributed by atoms with van der Waals surface area (Å²) < 4.78 is 24.2. The molecule has 2 unspecified atom stereocenters. The van der Waals surface area contributed by atoms with Gasteiger partial charge in [-0.1, -0.05) is 35.5 Å². The summed E-state index contributed by atoms with van der Waals surface area (Å²) in [5.41, 5.74) is 0.364. The molecule has 0 saturated heterocycles. The van der Waals surface area contributed by atoms with Gasteiger partial charge < -0.3 is 19.6 Å². The third kappa shape index (κ3) is 3.06. The van der Waals surface area contributed by atoms with E-state index in [-0.39, 0.29) is 11.3 Å². The van der Waals surface area contributed by atoms with E-state index in [1.807, 2.05) is 0 Å².